The maximum Gasteiger partial charge on any atom is 0.119 e. The lowest BCUT2D eigenvalue weighted by molar-refractivity contribution is 0.469. The number of benzene rings is 2. The number of hydrogen-bond donors (Lipinski definition) is 2. The van der Waals surface area contributed by atoms with Crippen LogP contribution in [0.5, 0.6) is 5.75 Å². The monoisotopic (exact) mass is 265 g/mol. The van der Waals surface area contributed by atoms with Gasteiger partial charge in [-0.1, -0.05) is 42.5 Å². The van der Waals surface area contributed by atoms with Crippen LogP contribution >= 0.6 is 0 Å². The summed E-state index contributed by atoms with van der Waals surface area (Å²) < 4.78 is 0. The van der Waals surface area contributed by atoms with Gasteiger partial charge in [-0.05, 0) is 42.0 Å². The summed E-state index contributed by atoms with van der Waals surface area (Å²) >= 11 is 0. The highest BCUT2D eigenvalue weighted by molar-refractivity contribution is 5.44. The maximum absolute atomic E-state index is 9.90. The van der Waals surface area contributed by atoms with Crippen LogP contribution in [0.15, 0.2) is 48.5 Å². The molecule has 0 saturated heterocycles. The second-order valence-corrected chi connectivity index (χ2v) is 5.96. The van der Waals surface area contributed by atoms with E-state index in [1.165, 1.54) is 17.5 Å². The molecular weight excluding hydrogens is 246 g/mol. The van der Waals surface area contributed by atoms with Gasteiger partial charge in [0, 0.05) is 18.0 Å². The average molecular weight is 265 g/mol. The summed E-state index contributed by atoms with van der Waals surface area (Å²) in [6, 6.07) is 17.7. The Morgan fingerprint density at radius 2 is 1.85 bits per heavy atom. The predicted octanol–water partition coefficient (Wildman–Crippen LogP) is 3.53. The third kappa shape index (κ3) is 2.01. The number of fused-ring (bicyclic) bond motifs is 1. The molecule has 0 aromatic heterocycles. The van der Waals surface area contributed by atoms with Gasteiger partial charge in [-0.3, -0.25) is 0 Å². The third-order valence-electron chi connectivity index (χ3n) is 4.68. The minimum Gasteiger partial charge on any atom is -0.508 e. The number of phenols is 1. The van der Waals surface area contributed by atoms with Gasteiger partial charge in [0.25, 0.3) is 0 Å². The zero-order chi connectivity index (χ0) is 13.5. The van der Waals surface area contributed by atoms with E-state index in [9.17, 15) is 5.11 Å². The Kier molecular flexibility index (Phi) is 2.78. The van der Waals surface area contributed by atoms with Crippen LogP contribution in [0.1, 0.15) is 41.5 Å². The second-order valence-electron chi connectivity index (χ2n) is 5.96. The molecule has 0 radical (unpaired) electrons. The first-order chi connectivity index (χ1) is 9.83. The van der Waals surface area contributed by atoms with Gasteiger partial charge in [0.1, 0.15) is 5.75 Å². The molecular formula is C18H19NO. The Labute approximate surface area is 119 Å². The standard InChI is InChI=1S/C18H19NO/c20-18-8-4-7-13-14(18)9-10-16(13)19-17-11-15(17)12-5-2-1-3-6-12/h1-8,15-17,19-20H,9-11H2. The molecule has 0 bridgehead atoms. The van der Waals surface area contributed by atoms with E-state index in [-0.39, 0.29) is 0 Å². The number of nitrogens with one attached hydrogen (secondary N) is 1. The molecule has 2 heteroatoms. The quantitative estimate of drug-likeness (QED) is 0.890. The molecule has 1 fully saturated rings. The molecule has 20 heavy (non-hydrogen) atoms. The third-order valence-corrected chi connectivity index (χ3v) is 4.68. The van der Waals surface area contributed by atoms with Crippen molar-refractivity contribution in [1.29, 1.82) is 0 Å². The van der Waals surface area contributed by atoms with Crippen LogP contribution in [0.4, 0.5) is 0 Å². The van der Waals surface area contributed by atoms with Crippen molar-refractivity contribution in [2.45, 2.75) is 37.3 Å². The zero-order valence-corrected chi connectivity index (χ0v) is 11.4. The Morgan fingerprint density at radius 1 is 1.00 bits per heavy atom. The van der Waals surface area contributed by atoms with E-state index < -0.39 is 0 Å². The predicted molar refractivity (Wildman–Crippen MR) is 79.9 cm³/mol. The SMILES string of the molecule is Oc1cccc2c1CCC2NC1CC1c1ccccc1. The van der Waals surface area contributed by atoms with E-state index >= 15 is 0 Å². The molecule has 102 valence electrons. The topological polar surface area (TPSA) is 32.3 Å². The fourth-order valence-corrected chi connectivity index (χ4v) is 3.51. The van der Waals surface area contributed by atoms with E-state index in [4.69, 9.17) is 0 Å². The number of hydrogen-bond acceptors (Lipinski definition) is 2. The first-order valence-electron chi connectivity index (χ1n) is 7.44. The van der Waals surface area contributed by atoms with Crippen LogP contribution in [0.3, 0.4) is 0 Å². The van der Waals surface area contributed by atoms with Gasteiger partial charge >= 0.3 is 0 Å². The molecule has 3 atom stereocenters. The van der Waals surface area contributed by atoms with Crippen molar-refractivity contribution in [1.82, 2.24) is 5.32 Å². The highest BCUT2D eigenvalue weighted by Crippen LogP contribution is 2.44. The van der Waals surface area contributed by atoms with Gasteiger partial charge < -0.3 is 10.4 Å². The van der Waals surface area contributed by atoms with Crippen LogP contribution in [0.2, 0.25) is 0 Å². The Bertz CT molecular complexity index is 623. The van der Waals surface area contributed by atoms with Crippen LogP contribution in [0, 0.1) is 0 Å². The van der Waals surface area contributed by atoms with Gasteiger partial charge in [-0.15, -0.1) is 0 Å². The minimum atomic E-state index is 0.413. The molecule has 1 saturated carbocycles. The van der Waals surface area contributed by atoms with Crippen molar-refractivity contribution in [3.63, 3.8) is 0 Å². The molecule has 2 aliphatic rings. The van der Waals surface area contributed by atoms with Crippen molar-refractivity contribution < 1.29 is 5.11 Å². The van der Waals surface area contributed by atoms with E-state index in [1.54, 1.807) is 6.07 Å². The molecule has 2 N–H and O–H groups in total. The Balaban J connectivity index is 1.47. The van der Waals surface area contributed by atoms with Crippen LogP contribution < -0.4 is 5.32 Å². The molecule has 0 spiro atoms. The fourth-order valence-electron chi connectivity index (χ4n) is 3.51. The summed E-state index contributed by atoms with van der Waals surface area (Å²) in [5.74, 6) is 1.12. The van der Waals surface area contributed by atoms with E-state index in [2.05, 4.69) is 41.7 Å². The molecule has 2 aliphatic carbocycles. The zero-order valence-electron chi connectivity index (χ0n) is 11.4. The summed E-state index contributed by atoms with van der Waals surface area (Å²) in [6.45, 7) is 0. The lowest BCUT2D eigenvalue weighted by atomic mass is 10.1. The summed E-state index contributed by atoms with van der Waals surface area (Å²) in [5.41, 5.74) is 3.88. The largest absolute Gasteiger partial charge is 0.508 e. The normalized spacial score (nSPS) is 27.3. The average Bonchev–Trinajstić information content (AvgIpc) is 3.13. The number of phenolic OH excluding ortho intramolecular Hbond substituents is 1. The number of aromatic hydroxyl groups is 1. The van der Waals surface area contributed by atoms with Gasteiger partial charge in [0.15, 0.2) is 0 Å². The smallest absolute Gasteiger partial charge is 0.119 e. The van der Waals surface area contributed by atoms with Crippen molar-refractivity contribution in [2.75, 3.05) is 0 Å². The second kappa shape index (κ2) is 4.64. The van der Waals surface area contributed by atoms with Gasteiger partial charge in [-0.2, -0.15) is 0 Å². The lowest BCUT2D eigenvalue weighted by Crippen LogP contribution is -2.22. The molecule has 2 nitrogen and oxygen atoms in total. The number of rotatable bonds is 3. The maximum atomic E-state index is 9.90. The van der Waals surface area contributed by atoms with Gasteiger partial charge in [0.2, 0.25) is 0 Å². The summed E-state index contributed by atoms with van der Waals surface area (Å²) in [6.07, 6.45) is 3.32. The van der Waals surface area contributed by atoms with Crippen molar-refractivity contribution in [3.8, 4) is 5.75 Å². The molecule has 2 aromatic carbocycles. The van der Waals surface area contributed by atoms with Gasteiger partial charge in [-0.25, -0.2) is 0 Å². The molecule has 0 heterocycles. The Morgan fingerprint density at radius 3 is 2.70 bits per heavy atom. The highest BCUT2D eigenvalue weighted by atomic mass is 16.3. The van der Waals surface area contributed by atoms with Crippen LogP contribution in [-0.4, -0.2) is 11.1 Å². The molecule has 0 amide bonds. The summed E-state index contributed by atoms with van der Waals surface area (Å²) in [7, 11) is 0. The van der Waals surface area contributed by atoms with E-state index in [0.717, 1.165) is 18.4 Å². The van der Waals surface area contributed by atoms with Crippen molar-refractivity contribution in [2.24, 2.45) is 0 Å². The van der Waals surface area contributed by atoms with Crippen LogP contribution in [0.25, 0.3) is 0 Å². The molecule has 3 unspecified atom stereocenters. The van der Waals surface area contributed by atoms with Crippen molar-refractivity contribution >= 4 is 0 Å². The van der Waals surface area contributed by atoms with Gasteiger partial charge in [0.05, 0.1) is 0 Å². The van der Waals surface area contributed by atoms with E-state index in [1.807, 2.05) is 6.07 Å². The Hall–Kier alpha value is -1.80. The molecule has 4 rings (SSSR count). The lowest BCUT2D eigenvalue weighted by Gasteiger charge is -2.14. The highest BCUT2D eigenvalue weighted by Gasteiger charge is 2.40. The first-order valence-corrected chi connectivity index (χ1v) is 7.44. The van der Waals surface area contributed by atoms with E-state index in [0.29, 0.717) is 23.8 Å². The van der Waals surface area contributed by atoms with Crippen LogP contribution in [-0.2, 0) is 6.42 Å². The first kappa shape index (κ1) is 12.0. The minimum absolute atomic E-state index is 0.413. The molecule has 0 aliphatic heterocycles. The fraction of sp³-hybridized carbons (Fsp3) is 0.333. The summed E-state index contributed by atoms with van der Waals surface area (Å²) in [4.78, 5) is 0. The summed E-state index contributed by atoms with van der Waals surface area (Å²) in [5, 5.41) is 13.7. The molecule has 2 aromatic rings. The van der Waals surface area contributed by atoms with Crippen molar-refractivity contribution in [3.05, 3.63) is 65.2 Å².